The minimum atomic E-state index is -0.630. The highest BCUT2D eigenvalue weighted by molar-refractivity contribution is 5.45. The minimum absolute atomic E-state index is 0.352. The van der Waals surface area contributed by atoms with Crippen LogP contribution in [-0.2, 0) is 0 Å². The Hall–Kier alpha value is -1.36. The lowest BCUT2D eigenvalue weighted by atomic mass is 9.71. The molecule has 0 radical (unpaired) electrons. The summed E-state index contributed by atoms with van der Waals surface area (Å²) in [7, 11) is 0. The zero-order valence-electron chi connectivity index (χ0n) is 13.0. The third kappa shape index (κ3) is 3.64. The van der Waals surface area contributed by atoms with Crippen LogP contribution < -0.4 is 11.1 Å². The molecule has 2 fully saturated rings. The number of rotatable bonds is 4. The van der Waals surface area contributed by atoms with Gasteiger partial charge in [0.2, 0.25) is 0 Å². The number of nitrogens with two attached hydrogens (primary N) is 1. The Kier molecular flexibility index (Phi) is 3.56. The predicted octanol–water partition coefficient (Wildman–Crippen LogP) is 2.68. The van der Waals surface area contributed by atoms with Crippen LogP contribution in [0.15, 0.2) is 6.07 Å². The summed E-state index contributed by atoms with van der Waals surface area (Å²) < 4.78 is 0. The van der Waals surface area contributed by atoms with Gasteiger partial charge in [-0.15, -0.1) is 0 Å². The fraction of sp³-hybridized carbons (Fsp3) is 0.750. The standard InChI is InChI=1S/C16H26N4O/c1-15(2)5-7-16(21,8-6-15)10-18-13-9-12(17)19-14(20-13)11-3-4-11/h9,11,21H,3-8,10H2,1-2H3,(H3,17,18,19,20). The molecule has 1 heterocycles. The van der Waals surface area contributed by atoms with Gasteiger partial charge in [0.05, 0.1) is 5.60 Å². The van der Waals surface area contributed by atoms with Crippen molar-refractivity contribution >= 4 is 11.6 Å². The fourth-order valence-electron chi connectivity index (χ4n) is 2.92. The molecule has 0 atom stereocenters. The van der Waals surface area contributed by atoms with Crippen molar-refractivity contribution in [3.05, 3.63) is 11.9 Å². The summed E-state index contributed by atoms with van der Waals surface area (Å²) >= 11 is 0. The van der Waals surface area contributed by atoms with Crippen LogP contribution in [0.25, 0.3) is 0 Å². The summed E-state index contributed by atoms with van der Waals surface area (Å²) in [6, 6.07) is 1.75. The molecule has 2 aliphatic carbocycles. The van der Waals surface area contributed by atoms with Gasteiger partial charge in [-0.25, -0.2) is 9.97 Å². The van der Waals surface area contributed by atoms with Crippen molar-refractivity contribution in [2.24, 2.45) is 5.41 Å². The van der Waals surface area contributed by atoms with E-state index < -0.39 is 5.60 Å². The van der Waals surface area contributed by atoms with E-state index in [9.17, 15) is 5.11 Å². The number of nitrogens with one attached hydrogen (secondary N) is 1. The second-order valence-electron chi connectivity index (χ2n) is 7.55. The van der Waals surface area contributed by atoms with E-state index in [2.05, 4.69) is 29.1 Å². The maximum Gasteiger partial charge on any atom is 0.136 e. The molecule has 21 heavy (non-hydrogen) atoms. The van der Waals surface area contributed by atoms with Gasteiger partial charge >= 0.3 is 0 Å². The molecule has 5 heteroatoms. The molecule has 0 aromatic carbocycles. The molecule has 0 bridgehead atoms. The SMILES string of the molecule is CC1(C)CCC(O)(CNc2cc(N)nc(C3CC3)n2)CC1. The first kappa shape index (κ1) is 14.6. The third-order valence-electron chi connectivity index (χ3n) is 4.84. The van der Waals surface area contributed by atoms with Gasteiger partial charge in [-0.3, -0.25) is 0 Å². The summed E-state index contributed by atoms with van der Waals surface area (Å²) in [4.78, 5) is 8.82. The number of hydrogen-bond acceptors (Lipinski definition) is 5. The number of anilines is 2. The fourth-order valence-corrected chi connectivity index (χ4v) is 2.92. The molecule has 0 saturated heterocycles. The number of aliphatic hydroxyl groups is 1. The Morgan fingerprint density at radius 1 is 1.24 bits per heavy atom. The molecule has 3 rings (SSSR count). The zero-order valence-corrected chi connectivity index (χ0v) is 13.0. The van der Waals surface area contributed by atoms with E-state index in [1.54, 1.807) is 6.07 Å². The Morgan fingerprint density at radius 3 is 2.52 bits per heavy atom. The van der Waals surface area contributed by atoms with Crippen LogP contribution in [0.3, 0.4) is 0 Å². The zero-order chi connectivity index (χ0) is 15.1. The second kappa shape index (κ2) is 5.13. The molecule has 2 aliphatic rings. The van der Waals surface area contributed by atoms with Gasteiger partial charge < -0.3 is 16.2 Å². The average molecular weight is 290 g/mol. The van der Waals surface area contributed by atoms with Crippen LogP contribution in [0.2, 0.25) is 0 Å². The van der Waals surface area contributed by atoms with Crippen LogP contribution in [0, 0.1) is 5.41 Å². The Morgan fingerprint density at radius 2 is 1.90 bits per heavy atom. The van der Waals surface area contributed by atoms with Crippen LogP contribution in [-0.4, -0.2) is 27.2 Å². The van der Waals surface area contributed by atoms with E-state index in [0.717, 1.165) is 50.2 Å². The highest BCUT2D eigenvalue weighted by atomic mass is 16.3. The molecule has 4 N–H and O–H groups in total. The van der Waals surface area contributed by atoms with Gasteiger partial charge in [-0.05, 0) is 43.9 Å². The average Bonchev–Trinajstić information content (AvgIpc) is 3.25. The highest BCUT2D eigenvalue weighted by Crippen LogP contribution is 2.40. The molecule has 5 nitrogen and oxygen atoms in total. The summed E-state index contributed by atoms with van der Waals surface area (Å²) in [5.41, 5.74) is 5.57. The smallest absolute Gasteiger partial charge is 0.136 e. The molecule has 1 aromatic rings. The van der Waals surface area contributed by atoms with E-state index in [1.165, 1.54) is 0 Å². The first-order valence-corrected chi connectivity index (χ1v) is 7.96. The number of nitrogens with zero attached hydrogens (tertiary/aromatic N) is 2. The molecule has 0 amide bonds. The van der Waals surface area contributed by atoms with Crippen LogP contribution in [0.1, 0.15) is 64.1 Å². The molecular formula is C16H26N4O. The minimum Gasteiger partial charge on any atom is -0.388 e. The second-order valence-corrected chi connectivity index (χ2v) is 7.55. The largest absolute Gasteiger partial charge is 0.388 e. The molecule has 1 aromatic heterocycles. The molecule has 0 aliphatic heterocycles. The van der Waals surface area contributed by atoms with Gasteiger partial charge in [0.25, 0.3) is 0 Å². The molecule has 0 unspecified atom stereocenters. The van der Waals surface area contributed by atoms with Crippen molar-refractivity contribution in [2.75, 3.05) is 17.6 Å². The van der Waals surface area contributed by atoms with Crippen molar-refractivity contribution in [3.8, 4) is 0 Å². The Balaban J connectivity index is 1.62. The van der Waals surface area contributed by atoms with Crippen molar-refractivity contribution in [1.29, 1.82) is 0 Å². The van der Waals surface area contributed by atoms with E-state index >= 15 is 0 Å². The number of hydrogen-bond donors (Lipinski definition) is 3. The van der Waals surface area contributed by atoms with Crippen molar-refractivity contribution in [2.45, 2.75) is 63.9 Å². The molecule has 116 valence electrons. The van der Waals surface area contributed by atoms with E-state index in [1.807, 2.05) is 0 Å². The van der Waals surface area contributed by atoms with Gasteiger partial charge in [0, 0.05) is 18.5 Å². The lowest BCUT2D eigenvalue weighted by Crippen LogP contribution is -2.42. The van der Waals surface area contributed by atoms with Gasteiger partial charge in [0.15, 0.2) is 0 Å². The normalized spacial score (nSPS) is 23.8. The van der Waals surface area contributed by atoms with Gasteiger partial charge in [0.1, 0.15) is 17.5 Å². The quantitative estimate of drug-likeness (QED) is 0.794. The summed E-state index contributed by atoms with van der Waals surface area (Å²) in [6.45, 7) is 5.07. The Labute approximate surface area is 126 Å². The van der Waals surface area contributed by atoms with Crippen molar-refractivity contribution < 1.29 is 5.11 Å². The van der Waals surface area contributed by atoms with E-state index in [0.29, 0.717) is 23.7 Å². The van der Waals surface area contributed by atoms with Gasteiger partial charge in [-0.1, -0.05) is 13.8 Å². The molecule has 0 spiro atoms. The van der Waals surface area contributed by atoms with Crippen LogP contribution in [0.5, 0.6) is 0 Å². The van der Waals surface area contributed by atoms with Crippen molar-refractivity contribution in [1.82, 2.24) is 9.97 Å². The monoisotopic (exact) mass is 290 g/mol. The van der Waals surface area contributed by atoms with E-state index in [4.69, 9.17) is 5.73 Å². The Bertz CT molecular complexity index is 515. The highest BCUT2D eigenvalue weighted by Gasteiger charge is 2.36. The number of nitrogen functional groups attached to an aromatic ring is 1. The first-order valence-electron chi connectivity index (χ1n) is 7.96. The maximum absolute atomic E-state index is 10.7. The lowest BCUT2D eigenvalue weighted by molar-refractivity contribution is -0.0145. The van der Waals surface area contributed by atoms with Gasteiger partial charge in [-0.2, -0.15) is 0 Å². The molecule has 2 saturated carbocycles. The first-order chi connectivity index (χ1) is 9.85. The van der Waals surface area contributed by atoms with Crippen molar-refractivity contribution in [3.63, 3.8) is 0 Å². The topological polar surface area (TPSA) is 84.1 Å². The summed E-state index contributed by atoms with van der Waals surface area (Å²) in [5.74, 6) is 2.57. The maximum atomic E-state index is 10.7. The predicted molar refractivity (Wildman–Crippen MR) is 84.1 cm³/mol. The van der Waals surface area contributed by atoms with Crippen LogP contribution in [0.4, 0.5) is 11.6 Å². The van der Waals surface area contributed by atoms with E-state index in [-0.39, 0.29) is 0 Å². The number of aromatic nitrogens is 2. The third-order valence-corrected chi connectivity index (χ3v) is 4.84. The summed E-state index contributed by atoms with van der Waals surface area (Å²) in [6.07, 6.45) is 6.10. The molecular weight excluding hydrogens is 264 g/mol. The summed E-state index contributed by atoms with van der Waals surface area (Å²) in [5, 5.41) is 14.0. The van der Waals surface area contributed by atoms with Crippen LogP contribution >= 0.6 is 0 Å². The lowest BCUT2D eigenvalue weighted by Gasteiger charge is -2.40.